The monoisotopic (exact) mass is 320 g/mol. The number of imidazole rings is 1. The van der Waals surface area contributed by atoms with Crippen LogP contribution in [0.15, 0.2) is 28.9 Å². The third-order valence-electron chi connectivity index (χ3n) is 2.80. The molecule has 0 saturated carbocycles. The molecule has 0 fully saturated rings. The third kappa shape index (κ3) is 2.35. The van der Waals surface area contributed by atoms with E-state index in [0.29, 0.717) is 12.4 Å². The quantitative estimate of drug-likeness (QED) is 0.807. The molecule has 1 N–H and O–H groups in total. The number of hydrogen-bond donors (Lipinski definition) is 1. The lowest BCUT2D eigenvalue weighted by molar-refractivity contribution is 0.296. The van der Waals surface area contributed by atoms with Gasteiger partial charge in [-0.05, 0) is 47.5 Å². The van der Waals surface area contributed by atoms with Crippen LogP contribution in [0.1, 0.15) is 17.1 Å². The SMILES string of the molecule is Cc1cccc(OCc2nc3nc(C)c(Br)n3[nH]2)c1. The molecule has 0 aliphatic rings. The Bertz CT molecular complexity index is 731. The first kappa shape index (κ1) is 12.2. The van der Waals surface area contributed by atoms with Crippen LogP contribution in [-0.2, 0) is 6.61 Å². The van der Waals surface area contributed by atoms with Gasteiger partial charge in [0.15, 0.2) is 5.82 Å². The third-order valence-corrected chi connectivity index (χ3v) is 3.73. The number of rotatable bonds is 3. The van der Waals surface area contributed by atoms with Crippen LogP contribution in [0.3, 0.4) is 0 Å². The van der Waals surface area contributed by atoms with Gasteiger partial charge in [-0.25, -0.2) is 9.50 Å². The standard InChI is InChI=1S/C13H13BrN4O/c1-8-4-3-5-10(6-8)19-7-11-16-13-15-9(2)12(14)18(13)17-11/h3-6H,7H2,1-2H3,(H,15,16,17). The van der Waals surface area contributed by atoms with Gasteiger partial charge in [-0.15, -0.1) is 0 Å². The molecule has 0 spiro atoms. The minimum atomic E-state index is 0.387. The predicted molar refractivity (Wildman–Crippen MR) is 75.3 cm³/mol. The summed E-state index contributed by atoms with van der Waals surface area (Å²) in [4.78, 5) is 8.69. The predicted octanol–water partition coefficient (Wildman–Crippen LogP) is 3.02. The Labute approximate surface area is 118 Å². The van der Waals surface area contributed by atoms with Gasteiger partial charge in [0.25, 0.3) is 5.78 Å². The Balaban J connectivity index is 1.78. The zero-order chi connectivity index (χ0) is 13.4. The van der Waals surface area contributed by atoms with Gasteiger partial charge in [-0.3, -0.25) is 5.10 Å². The van der Waals surface area contributed by atoms with Crippen molar-refractivity contribution in [3.05, 3.63) is 46.0 Å². The maximum absolute atomic E-state index is 5.69. The van der Waals surface area contributed by atoms with Crippen molar-refractivity contribution in [2.45, 2.75) is 20.5 Å². The lowest BCUT2D eigenvalue weighted by atomic mass is 10.2. The molecule has 0 aliphatic carbocycles. The normalized spacial score (nSPS) is 11.1. The van der Waals surface area contributed by atoms with Gasteiger partial charge in [-0.2, -0.15) is 4.98 Å². The molecule has 0 saturated heterocycles. The lowest BCUT2D eigenvalue weighted by Gasteiger charge is -2.04. The molecular formula is C13H13BrN4O. The molecule has 2 aromatic heterocycles. The number of benzene rings is 1. The van der Waals surface area contributed by atoms with E-state index in [2.05, 4.69) is 31.0 Å². The smallest absolute Gasteiger partial charge is 0.252 e. The highest BCUT2D eigenvalue weighted by Gasteiger charge is 2.10. The van der Waals surface area contributed by atoms with E-state index in [-0.39, 0.29) is 0 Å². The van der Waals surface area contributed by atoms with E-state index in [9.17, 15) is 0 Å². The van der Waals surface area contributed by atoms with E-state index in [0.717, 1.165) is 21.9 Å². The van der Waals surface area contributed by atoms with Crippen LogP contribution in [0.2, 0.25) is 0 Å². The van der Waals surface area contributed by atoms with Crippen molar-refractivity contribution < 1.29 is 4.74 Å². The minimum absolute atomic E-state index is 0.387. The first-order valence-electron chi connectivity index (χ1n) is 5.92. The summed E-state index contributed by atoms with van der Waals surface area (Å²) in [7, 11) is 0. The van der Waals surface area contributed by atoms with Crippen molar-refractivity contribution >= 4 is 21.7 Å². The van der Waals surface area contributed by atoms with Crippen LogP contribution in [0.25, 0.3) is 5.78 Å². The molecule has 19 heavy (non-hydrogen) atoms. The molecule has 2 heterocycles. The van der Waals surface area contributed by atoms with Gasteiger partial charge >= 0.3 is 0 Å². The highest BCUT2D eigenvalue weighted by Crippen LogP contribution is 2.17. The summed E-state index contributed by atoms with van der Waals surface area (Å²) < 4.78 is 8.37. The molecule has 3 aromatic rings. The molecule has 0 radical (unpaired) electrons. The van der Waals surface area contributed by atoms with Crippen LogP contribution in [0.4, 0.5) is 0 Å². The van der Waals surface area contributed by atoms with Crippen molar-refractivity contribution in [3.8, 4) is 5.75 Å². The highest BCUT2D eigenvalue weighted by molar-refractivity contribution is 9.10. The van der Waals surface area contributed by atoms with Crippen LogP contribution in [0.5, 0.6) is 5.75 Å². The number of H-pyrrole nitrogens is 1. The summed E-state index contributed by atoms with van der Waals surface area (Å²) in [5.41, 5.74) is 2.08. The van der Waals surface area contributed by atoms with E-state index >= 15 is 0 Å². The summed E-state index contributed by atoms with van der Waals surface area (Å²) in [6, 6.07) is 7.93. The zero-order valence-electron chi connectivity index (χ0n) is 10.6. The summed E-state index contributed by atoms with van der Waals surface area (Å²) >= 11 is 3.46. The molecule has 6 heteroatoms. The van der Waals surface area contributed by atoms with Gasteiger partial charge < -0.3 is 4.74 Å². The van der Waals surface area contributed by atoms with Crippen molar-refractivity contribution in [3.63, 3.8) is 0 Å². The molecule has 0 atom stereocenters. The number of aryl methyl sites for hydroxylation is 2. The van der Waals surface area contributed by atoms with Crippen molar-refractivity contribution in [1.82, 2.24) is 19.6 Å². The van der Waals surface area contributed by atoms with E-state index in [4.69, 9.17) is 4.74 Å². The van der Waals surface area contributed by atoms with Gasteiger partial charge in [0.1, 0.15) is 17.0 Å². The van der Waals surface area contributed by atoms with Gasteiger partial charge in [-0.1, -0.05) is 12.1 Å². The highest BCUT2D eigenvalue weighted by atomic mass is 79.9. The topological polar surface area (TPSA) is 55.2 Å². The fourth-order valence-corrected chi connectivity index (χ4v) is 2.20. The number of hydrogen-bond acceptors (Lipinski definition) is 3. The van der Waals surface area contributed by atoms with Crippen molar-refractivity contribution in [1.29, 1.82) is 0 Å². The lowest BCUT2D eigenvalue weighted by Crippen LogP contribution is -1.98. The molecule has 0 bridgehead atoms. The molecule has 98 valence electrons. The zero-order valence-corrected chi connectivity index (χ0v) is 12.2. The van der Waals surface area contributed by atoms with Gasteiger partial charge in [0.05, 0.1) is 5.69 Å². The Morgan fingerprint density at radius 3 is 2.89 bits per heavy atom. The van der Waals surface area contributed by atoms with Crippen LogP contribution < -0.4 is 4.74 Å². The first-order chi connectivity index (χ1) is 9.13. The summed E-state index contributed by atoms with van der Waals surface area (Å²) in [5, 5.41) is 3.14. The maximum Gasteiger partial charge on any atom is 0.252 e. The van der Waals surface area contributed by atoms with E-state index in [1.54, 1.807) is 4.52 Å². The maximum atomic E-state index is 5.69. The minimum Gasteiger partial charge on any atom is -0.486 e. The summed E-state index contributed by atoms with van der Waals surface area (Å²) in [5.74, 6) is 2.22. The van der Waals surface area contributed by atoms with E-state index < -0.39 is 0 Å². The number of ether oxygens (including phenoxy) is 1. The second-order valence-electron chi connectivity index (χ2n) is 4.40. The van der Waals surface area contributed by atoms with E-state index in [1.165, 1.54) is 5.56 Å². The van der Waals surface area contributed by atoms with Gasteiger partial charge in [0, 0.05) is 0 Å². The fraction of sp³-hybridized carbons (Fsp3) is 0.231. The average molecular weight is 321 g/mol. The molecular weight excluding hydrogens is 308 g/mol. The Hall–Kier alpha value is -1.82. The molecule has 1 aromatic carbocycles. The number of fused-ring (bicyclic) bond motifs is 1. The van der Waals surface area contributed by atoms with Crippen LogP contribution >= 0.6 is 15.9 Å². The largest absolute Gasteiger partial charge is 0.486 e. The van der Waals surface area contributed by atoms with Crippen molar-refractivity contribution in [2.75, 3.05) is 0 Å². The number of aromatic amines is 1. The van der Waals surface area contributed by atoms with Crippen molar-refractivity contribution in [2.24, 2.45) is 0 Å². The van der Waals surface area contributed by atoms with Crippen LogP contribution in [0, 0.1) is 13.8 Å². The van der Waals surface area contributed by atoms with Crippen LogP contribution in [-0.4, -0.2) is 19.6 Å². The number of aromatic nitrogens is 4. The van der Waals surface area contributed by atoms with Gasteiger partial charge in [0.2, 0.25) is 0 Å². The molecule has 3 rings (SSSR count). The first-order valence-corrected chi connectivity index (χ1v) is 6.71. The summed E-state index contributed by atoms with van der Waals surface area (Å²) in [6.45, 7) is 4.35. The molecule has 0 amide bonds. The van der Waals surface area contributed by atoms with E-state index in [1.807, 2.05) is 38.1 Å². The number of nitrogens with one attached hydrogen (secondary N) is 1. The molecule has 0 aliphatic heterocycles. The Kier molecular flexibility index (Phi) is 3.02. The average Bonchev–Trinajstić information content (AvgIpc) is 2.88. The molecule has 5 nitrogen and oxygen atoms in total. The Morgan fingerprint density at radius 1 is 1.32 bits per heavy atom. The second-order valence-corrected chi connectivity index (χ2v) is 5.15. The molecule has 0 unspecified atom stereocenters. The Morgan fingerprint density at radius 2 is 2.16 bits per heavy atom. The number of halogens is 1. The number of nitrogens with zero attached hydrogens (tertiary/aromatic N) is 3. The second kappa shape index (κ2) is 4.70. The summed E-state index contributed by atoms with van der Waals surface area (Å²) in [6.07, 6.45) is 0. The fourth-order valence-electron chi connectivity index (χ4n) is 1.87.